The van der Waals surface area contributed by atoms with Crippen molar-refractivity contribution in [2.24, 2.45) is 0 Å². The van der Waals surface area contributed by atoms with Gasteiger partial charge in [0, 0.05) is 30.3 Å². The highest BCUT2D eigenvalue weighted by molar-refractivity contribution is 5.23. The molecule has 0 bridgehead atoms. The molecule has 5 heteroatoms. The molecule has 0 saturated carbocycles. The van der Waals surface area contributed by atoms with Crippen LogP contribution in [0.1, 0.15) is 23.1 Å². The smallest absolute Gasteiger partial charge is 0.263 e. The summed E-state index contributed by atoms with van der Waals surface area (Å²) in [7, 11) is 0. The Labute approximate surface area is 114 Å². The Hall–Kier alpha value is -1.88. The van der Waals surface area contributed by atoms with Gasteiger partial charge in [-0.15, -0.1) is 0 Å². The summed E-state index contributed by atoms with van der Waals surface area (Å²) in [5.74, 6) is -1.22. The maximum Gasteiger partial charge on any atom is 0.263 e. The third-order valence-electron chi connectivity index (χ3n) is 2.89. The summed E-state index contributed by atoms with van der Waals surface area (Å²) in [5.41, 5.74) is 1.14. The minimum absolute atomic E-state index is 0.0293. The lowest BCUT2D eigenvalue weighted by Crippen LogP contribution is -2.13. The summed E-state index contributed by atoms with van der Waals surface area (Å²) in [6.45, 7) is 0.656. The highest BCUT2D eigenvalue weighted by Gasteiger charge is 2.06. The predicted molar refractivity (Wildman–Crippen MR) is 68.3 cm³/mol. The zero-order chi connectivity index (χ0) is 14.5. The molecular formula is C15H13F4N. The van der Waals surface area contributed by atoms with Crippen molar-refractivity contribution in [2.75, 3.05) is 0 Å². The molecule has 20 heavy (non-hydrogen) atoms. The Morgan fingerprint density at radius 2 is 1.60 bits per heavy atom. The van der Waals surface area contributed by atoms with Crippen molar-refractivity contribution in [1.29, 1.82) is 0 Å². The van der Waals surface area contributed by atoms with Gasteiger partial charge in [0.15, 0.2) is 0 Å². The Bertz CT molecular complexity index is 567. The highest BCUT2D eigenvalue weighted by Crippen LogP contribution is 2.18. The van der Waals surface area contributed by atoms with E-state index in [2.05, 4.69) is 5.32 Å². The van der Waals surface area contributed by atoms with Gasteiger partial charge in [0.05, 0.1) is 0 Å². The van der Waals surface area contributed by atoms with Crippen LogP contribution in [0, 0.1) is 11.6 Å². The third kappa shape index (κ3) is 3.81. The minimum Gasteiger partial charge on any atom is -0.309 e. The monoisotopic (exact) mass is 283 g/mol. The normalized spacial score (nSPS) is 11.1. The second-order valence-corrected chi connectivity index (χ2v) is 4.38. The third-order valence-corrected chi connectivity index (χ3v) is 2.89. The van der Waals surface area contributed by atoms with Crippen LogP contribution >= 0.6 is 0 Å². The fraction of sp³-hybridized carbons (Fsp3) is 0.200. The first-order chi connectivity index (χ1) is 9.56. The van der Waals surface area contributed by atoms with Gasteiger partial charge in [0.1, 0.15) is 11.6 Å². The maximum atomic E-state index is 13.4. The van der Waals surface area contributed by atoms with Gasteiger partial charge >= 0.3 is 0 Å². The zero-order valence-corrected chi connectivity index (χ0v) is 10.5. The van der Waals surface area contributed by atoms with E-state index in [1.165, 1.54) is 24.3 Å². The maximum absolute atomic E-state index is 13.4. The summed E-state index contributed by atoms with van der Waals surface area (Å²) in [6.07, 6.45) is -2.48. The van der Waals surface area contributed by atoms with E-state index in [4.69, 9.17) is 0 Å². The van der Waals surface area contributed by atoms with E-state index in [0.29, 0.717) is 12.1 Å². The highest BCUT2D eigenvalue weighted by atomic mass is 19.3. The van der Waals surface area contributed by atoms with Crippen molar-refractivity contribution in [3.63, 3.8) is 0 Å². The minimum atomic E-state index is -2.48. The molecule has 0 spiro atoms. The second kappa shape index (κ2) is 6.52. The number of benzene rings is 2. The van der Waals surface area contributed by atoms with E-state index in [1.807, 2.05) is 0 Å². The van der Waals surface area contributed by atoms with Crippen LogP contribution in [-0.2, 0) is 13.1 Å². The number of hydrogen-bond donors (Lipinski definition) is 1. The van der Waals surface area contributed by atoms with Crippen molar-refractivity contribution >= 4 is 0 Å². The van der Waals surface area contributed by atoms with Crippen LogP contribution in [0.15, 0.2) is 42.5 Å². The molecule has 0 amide bonds. The molecule has 0 aliphatic heterocycles. The van der Waals surface area contributed by atoms with Crippen LogP contribution < -0.4 is 5.32 Å². The first kappa shape index (κ1) is 14.5. The molecule has 0 heterocycles. The molecule has 2 aromatic carbocycles. The summed E-state index contributed by atoms with van der Waals surface area (Å²) < 4.78 is 50.8. The van der Waals surface area contributed by atoms with Crippen LogP contribution in [0.25, 0.3) is 0 Å². The van der Waals surface area contributed by atoms with Crippen LogP contribution in [-0.4, -0.2) is 0 Å². The molecule has 0 fully saturated rings. The van der Waals surface area contributed by atoms with Gasteiger partial charge in [-0.1, -0.05) is 30.3 Å². The molecule has 2 rings (SSSR count). The summed E-state index contributed by atoms with van der Waals surface area (Å²) in [6, 6.07) is 9.30. The lowest BCUT2D eigenvalue weighted by Gasteiger charge is -2.07. The molecule has 106 valence electrons. The van der Waals surface area contributed by atoms with Crippen molar-refractivity contribution in [3.05, 3.63) is 70.8 Å². The van der Waals surface area contributed by atoms with Gasteiger partial charge in [0.25, 0.3) is 6.43 Å². The molecule has 1 nitrogen and oxygen atoms in total. The van der Waals surface area contributed by atoms with E-state index in [-0.39, 0.29) is 12.1 Å². The number of halogens is 4. The molecule has 1 N–H and O–H groups in total. The fourth-order valence-corrected chi connectivity index (χ4v) is 1.79. The number of rotatable bonds is 5. The van der Waals surface area contributed by atoms with Gasteiger partial charge < -0.3 is 5.32 Å². The van der Waals surface area contributed by atoms with E-state index < -0.39 is 18.1 Å². The molecule has 0 unspecified atom stereocenters. The molecule has 0 aliphatic rings. The molecule has 0 atom stereocenters. The van der Waals surface area contributed by atoms with E-state index in [0.717, 1.165) is 11.6 Å². The summed E-state index contributed by atoms with van der Waals surface area (Å²) >= 11 is 0. The lowest BCUT2D eigenvalue weighted by atomic mass is 10.1. The van der Waals surface area contributed by atoms with Crippen LogP contribution in [0.2, 0.25) is 0 Å². The Morgan fingerprint density at radius 3 is 2.20 bits per heavy atom. The average Bonchev–Trinajstić information content (AvgIpc) is 2.42. The van der Waals surface area contributed by atoms with Crippen LogP contribution in [0.4, 0.5) is 17.6 Å². The molecule has 2 aromatic rings. The summed E-state index contributed by atoms with van der Waals surface area (Å²) in [4.78, 5) is 0. The summed E-state index contributed by atoms with van der Waals surface area (Å²) in [5, 5.41) is 2.98. The standard InChI is InChI=1S/C15H13F4N/c16-13-6-5-12(14(17)7-13)9-20-8-10-1-3-11(4-2-10)15(18)19/h1-7,15,20H,8-9H2. The first-order valence-corrected chi connectivity index (χ1v) is 6.08. The van der Waals surface area contributed by atoms with Crippen molar-refractivity contribution in [3.8, 4) is 0 Å². The predicted octanol–water partition coefficient (Wildman–Crippen LogP) is 4.19. The SMILES string of the molecule is Fc1ccc(CNCc2ccc(C(F)F)cc2)c(F)c1. The quantitative estimate of drug-likeness (QED) is 0.811. The molecule has 0 radical (unpaired) electrons. The molecule has 0 aliphatic carbocycles. The van der Waals surface area contributed by atoms with Crippen molar-refractivity contribution in [2.45, 2.75) is 19.5 Å². The Balaban J connectivity index is 1.89. The van der Waals surface area contributed by atoms with Gasteiger partial charge in [-0.25, -0.2) is 17.6 Å². The second-order valence-electron chi connectivity index (χ2n) is 4.38. The van der Waals surface area contributed by atoms with E-state index in [9.17, 15) is 17.6 Å². The van der Waals surface area contributed by atoms with Crippen LogP contribution in [0.5, 0.6) is 0 Å². The van der Waals surface area contributed by atoms with E-state index >= 15 is 0 Å². The van der Waals surface area contributed by atoms with Gasteiger partial charge in [-0.2, -0.15) is 0 Å². The number of alkyl halides is 2. The average molecular weight is 283 g/mol. The molecule has 0 saturated heterocycles. The fourth-order valence-electron chi connectivity index (χ4n) is 1.79. The van der Waals surface area contributed by atoms with Gasteiger partial charge in [0.2, 0.25) is 0 Å². The lowest BCUT2D eigenvalue weighted by molar-refractivity contribution is 0.151. The Morgan fingerprint density at radius 1 is 0.900 bits per heavy atom. The van der Waals surface area contributed by atoms with Gasteiger partial charge in [-0.3, -0.25) is 0 Å². The Kier molecular flexibility index (Phi) is 4.74. The zero-order valence-electron chi connectivity index (χ0n) is 10.5. The van der Waals surface area contributed by atoms with Crippen LogP contribution in [0.3, 0.4) is 0 Å². The van der Waals surface area contributed by atoms with Gasteiger partial charge in [-0.05, 0) is 11.6 Å². The number of nitrogens with one attached hydrogen (secondary N) is 1. The molecule has 0 aromatic heterocycles. The van der Waals surface area contributed by atoms with Crippen molar-refractivity contribution in [1.82, 2.24) is 5.32 Å². The number of hydrogen-bond acceptors (Lipinski definition) is 1. The largest absolute Gasteiger partial charge is 0.309 e. The van der Waals surface area contributed by atoms with E-state index in [1.54, 1.807) is 12.1 Å². The topological polar surface area (TPSA) is 12.0 Å². The van der Waals surface area contributed by atoms with Crippen molar-refractivity contribution < 1.29 is 17.6 Å². The molecular weight excluding hydrogens is 270 g/mol. The first-order valence-electron chi connectivity index (χ1n) is 6.08.